The molecule has 5 nitrogen and oxygen atoms in total. The maximum atomic E-state index is 11.1. The minimum Gasteiger partial charge on any atom is -0.497 e. The normalized spacial score (nSPS) is 23.5. The summed E-state index contributed by atoms with van der Waals surface area (Å²) in [7, 11) is 3.02. The first-order chi connectivity index (χ1) is 11.6. The van der Waals surface area contributed by atoms with Gasteiger partial charge in [0.1, 0.15) is 5.75 Å². The smallest absolute Gasteiger partial charge is 0.330 e. The minimum absolute atomic E-state index is 0.0225. The fourth-order valence-electron chi connectivity index (χ4n) is 2.77. The van der Waals surface area contributed by atoms with Crippen LogP contribution in [0, 0.1) is 5.92 Å². The Hall–Kier alpha value is -1.85. The number of hydrogen-bond acceptors (Lipinski definition) is 5. The third kappa shape index (κ3) is 5.65. The Kier molecular flexibility index (Phi) is 7.28. The van der Waals surface area contributed by atoms with Crippen molar-refractivity contribution in [2.24, 2.45) is 5.92 Å². The van der Waals surface area contributed by atoms with Crippen molar-refractivity contribution >= 4 is 5.97 Å². The molecule has 0 N–H and O–H groups in total. The molecule has 5 heteroatoms. The van der Waals surface area contributed by atoms with E-state index in [4.69, 9.17) is 14.2 Å². The first-order valence-corrected chi connectivity index (χ1v) is 8.24. The van der Waals surface area contributed by atoms with Crippen LogP contribution in [0.15, 0.2) is 36.4 Å². The average molecular weight is 334 g/mol. The van der Waals surface area contributed by atoms with Gasteiger partial charge in [0.2, 0.25) is 0 Å². The Morgan fingerprint density at radius 2 is 2.04 bits per heavy atom. The molecule has 0 amide bonds. The molecule has 132 valence electrons. The molecular weight excluding hydrogens is 308 g/mol. The van der Waals surface area contributed by atoms with Gasteiger partial charge < -0.3 is 18.9 Å². The highest BCUT2D eigenvalue weighted by molar-refractivity contribution is 5.81. The van der Waals surface area contributed by atoms with Crippen LogP contribution < -0.4 is 4.74 Å². The molecule has 1 aromatic rings. The lowest BCUT2D eigenvalue weighted by Crippen LogP contribution is -2.16. The molecule has 1 aliphatic heterocycles. The molecule has 0 bridgehead atoms. The zero-order valence-corrected chi connectivity index (χ0v) is 14.6. The SMILES string of the molecule is COC(=O)/C=C\[C@H]1C[C@@H](C)[C@H](CCOCc2ccc(OC)cc2)O1. The van der Waals surface area contributed by atoms with Crippen LogP contribution in [0.5, 0.6) is 5.75 Å². The lowest BCUT2D eigenvalue weighted by Gasteiger charge is -2.15. The van der Waals surface area contributed by atoms with E-state index in [-0.39, 0.29) is 18.2 Å². The summed E-state index contributed by atoms with van der Waals surface area (Å²) in [6.45, 7) is 3.39. The summed E-state index contributed by atoms with van der Waals surface area (Å²) in [5.41, 5.74) is 1.12. The van der Waals surface area contributed by atoms with Gasteiger partial charge in [-0.1, -0.05) is 19.1 Å². The summed E-state index contributed by atoms with van der Waals surface area (Å²) >= 11 is 0. The molecule has 3 atom stereocenters. The predicted octanol–water partition coefficient (Wildman–Crippen LogP) is 3.12. The highest BCUT2D eigenvalue weighted by Crippen LogP contribution is 2.29. The van der Waals surface area contributed by atoms with E-state index in [1.54, 1.807) is 13.2 Å². The number of methoxy groups -OCH3 is 2. The molecule has 0 unspecified atom stereocenters. The number of benzene rings is 1. The zero-order valence-electron chi connectivity index (χ0n) is 14.6. The second-order valence-corrected chi connectivity index (χ2v) is 6.00. The van der Waals surface area contributed by atoms with Gasteiger partial charge in [-0.05, 0) is 42.5 Å². The predicted molar refractivity (Wildman–Crippen MR) is 90.9 cm³/mol. The Bertz CT molecular complexity index is 537. The van der Waals surface area contributed by atoms with E-state index in [0.717, 1.165) is 24.2 Å². The molecule has 0 aliphatic carbocycles. The summed E-state index contributed by atoms with van der Waals surface area (Å²) in [6.07, 6.45) is 5.11. The summed E-state index contributed by atoms with van der Waals surface area (Å²) in [6, 6.07) is 7.86. The monoisotopic (exact) mass is 334 g/mol. The van der Waals surface area contributed by atoms with Crippen molar-refractivity contribution < 1.29 is 23.7 Å². The molecular formula is C19H26O5. The molecule has 0 aromatic heterocycles. The van der Waals surface area contributed by atoms with Gasteiger partial charge in [0.05, 0.1) is 33.0 Å². The van der Waals surface area contributed by atoms with Crippen molar-refractivity contribution in [2.45, 2.75) is 38.6 Å². The van der Waals surface area contributed by atoms with Crippen molar-refractivity contribution in [3.63, 3.8) is 0 Å². The van der Waals surface area contributed by atoms with E-state index in [9.17, 15) is 4.79 Å². The van der Waals surface area contributed by atoms with Crippen LogP contribution in [0.25, 0.3) is 0 Å². The van der Waals surface area contributed by atoms with Crippen LogP contribution in [0.2, 0.25) is 0 Å². The molecule has 0 saturated carbocycles. The Morgan fingerprint density at radius 1 is 1.29 bits per heavy atom. The summed E-state index contributed by atoms with van der Waals surface area (Å²) in [4.78, 5) is 11.1. The van der Waals surface area contributed by atoms with E-state index in [1.165, 1.54) is 13.2 Å². The van der Waals surface area contributed by atoms with E-state index in [0.29, 0.717) is 19.1 Å². The fourth-order valence-corrected chi connectivity index (χ4v) is 2.77. The maximum Gasteiger partial charge on any atom is 0.330 e. The molecule has 0 spiro atoms. The van der Waals surface area contributed by atoms with Crippen LogP contribution in [0.1, 0.15) is 25.3 Å². The third-order valence-electron chi connectivity index (χ3n) is 4.21. The topological polar surface area (TPSA) is 54.0 Å². The van der Waals surface area contributed by atoms with Gasteiger partial charge in [-0.15, -0.1) is 0 Å². The zero-order chi connectivity index (χ0) is 17.4. The maximum absolute atomic E-state index is 11.1. The number of rotatable bonds is 8. The summed E-state index contributed by atoms with van der Waals surface area (Å²) in [5, 5.41) is 0. The number of hydrogen-bond donors (Lipinski definition) is 0. The van der Waals surface area contributed by atoms with E-state index < -0.39 is 0 Å². The Balaban J connectivity index is 1.68. The number of carbonyl (C=O) groups excluding carboxylic acids is 1. The van der Waals surface area contributed by atoms with Gasteiger partial charge in [0, 0.05) is 12.7 Å². The standard InChI is InChI=1S/C19H26O5/c1-14-12-17(8-9-19(20)22-3)24-18(14)10-11-23-13-15-4-6-16(21-2)7-5-15/h4-9,14,17-18H,10-13H2,1-3H3/b9-8-/t14-,17+,18+/m1/s1. The van der Waals surface area contributed by atoms with Crippen LogP contribution in [-0.4, -0.2) is 39.0 Å². The Labute approximate surface area is 143 Å². The van der Waals surface area contributed by atoms with E-state index in [1.807, 2.05) is 24.3 Å². The van der Waals surface area contributed by atoms with Crippen LogP contribution in [-0.2, 0) is 25.6 Å². The van der Waals surface area contributed by atoms with E-state index >= 15 is 0 Å². The molecule has 1 aromatic carbocycles. The molecule has 1 heterocycles. The lowest BCUT2D eigenvalue weighted by atomic mass is 10.00. The van der Waals surface area contributed by atoms with Crippen molar-refractivity contribution in [1.82, 2.24) is 0 Å². The van der Waals surface area contributed by atoms with Crippen LogP contribution >= 0.6 is 0 Å². The van der Waals surface area contributed by atoms with Gasteiger partial charge in [0.25, 0.3) is 0 Å². The number of esters is 1. The van der Waals surface area contributed by atoms with Crippen molar-refractivity contribution in [1.29, 1.82) is 0 Å². The molecule has 1 fully saturated rings. The van der Waals surface area contributed by atoms with Gasteiger partial charge in [-0.25, -0.2) is 4.79 Å². The third-order valence-corrected chi connectivity index (χ3v) is 4.21. The number of ether oxygens (including phenoxy) is 4. The molecule has 1 aliphatic rings. The Morgan fingerprint density at radius 3 is 2.71 bits per heavy atom. The van der Waals surface area contributed by atoms with Gasteiger partial charge >= 0.3 is 5.97 Å². The van der Waals surface area contributed by atoms with Gasteiger partial charge in [-0.3, -0.25) is 0 Å². The first-order valence-electron chi connectivity index (χ1n) is 8.24. The first kappa shape index (κ1) is 18.5. The van der Waals surface area contributed by atoms with Crippen molar-refractivity contribution in [3.8, 4) is 5.75 Å². The molecule has 2 rings (SSSR count). The number of carbonyl (C=O) groups is 1. The average Bonchev–Trinajstić information content (AvgIpc) is 2.97. The summed E-state index contributed by atoms with van der Waals surface area (Å²) in [5.74, 6) is 0.942. The molecule has 0 radical (unpaired) electrons. The van der Waals surface area contributed by atoms with Gasteiger partial charge in [0.15, 0.2) is 0 Å². The van der Waals surface area contributed by atoms with Crippen molar-refractivity contribution in [3.05, 3.63) is 42.0 Å². The molecule has 24 heavy (non-hydrogen) atoms. The quantitative estimate of drug-likeness (QED) is 0.415. The van der Waals surface area contributed by atoms with Crippen LogP contribution in [0.3, 0.4) is 0 Å². The second-order valence-electron chi connectivity index (χ2n) is 6.00. The second kappa shape index (κ2) is 9.45. The van der Waals surface area contributed by atoms with Gasteiger partial charge in [-0.2, -0.15) is 0 Å². The van der Waals surface area contributed by atoms with Crippen molar-refractivity contribution in [2.75, 3.05) is 20.8 Å². The summed E-state index contributed by atoms with van der Waals surface area (Å²) < 4.78 is 21.4. The molecule has 1 saturated heterocycles. The minimum atomic E-state index is -0.350. The highest BCUT2D eigenvalue weighted by Gasteiger charge is 2.30. The lowest BCUT2D eigenvalue weighted by molar-refractivity contribution is -0.134. The van der Waals surface area contributed by atoms with E-state index in [2.05, 4.69) is 11.7 Å². The highest BCUT2D eigenvalue weighted by atomic mass is 16.5. The fraction of sp³-hybridized carbons (Fsp3) is 0.526. The van der Waals surface area contributed by atoms with Crippen LogP contribution in [0.4, 0.5) is 0 Å². The largest absolute Gasteiger partial charge is 0.497 e.